The molecule has 0 unspecified atom stereocenters. The predicted molar refractivity (Wildman–Crippen MR) is 232 cm³/mol. The first-order valence-corrected chi connectivity index (χ1v) is 22.7. The van der Waals surface area contributed by atoms with Crippen LogP contribution in [0.25, 0.3) is 11.3 Å². The van der Waals surface area contributed by atoms with Gasteiger partial charge in [-0.05, 0) is 109 Å². The number of nitrogens with zero attached hydrogens (tertiary/aromatic N) is 5. The summed E-state index contributed by atoms with van der Waals surface area (Å²) in [7, 11) is -3.08. The van der Waals surface area contributed by atoms with Crippen LogP contribution in [-0.4, -0.2) is 99.4 Å². The van der Waals surface area contributed by atoms with Crippen LogP contribution in [-0.2, 0) is 48.2 Å². The molecule has 1 atom stereocenters. The van der Waals surface area contributed by atoms with E-state index < -0.39 is 13.9 Å². The summed E-state index contributed by atoms with van der Waals surface area (Å²) >= 11 is 0. The predicted octanol–water partition coefficient (Wildman–Crippen LogP) is 6.70. The molecule has 1 saturated heterocycles. The Bertz CT molecular complexity index is 2530. The zero-order chi connectivity index (χ0) is 43.0. The van der Waals surface area contributed by atoms with Gasteiger partial charge in [0.2, 0.25) is 0 Å². The maximum absolute atomic E-state index is 15.5. The van der Waals surface area contributed by atoms with Crippen molar-refractivity contribution in [2.75, 3.05) is 51.3 Å². The summed E-state index contributed by atoms with van der Waals surface area (Å²) in [4.78, 5) is 69.6. The highest BCUT2D eigenvalue weighted by Crippen LogP contribution is 2.40. The molecule has 9 rings (SSSR count). The van der Waals surface area contributed by atoms with Crippen molar-refractivity contribution < 1.29 is 42.7 Å². The lowest BCUT2D eigenvalue weighted by Crippen LogP contribution is -2.52. The molecule has 15 heteroatoms. The first kappa shape index (κ1) is 41.6. The number of fused-ring (bicyclic) bond motifs is 3. The number of carbonyl (C=O) groups excluding carboxylic acids is 3. The molecule has 5 heterocycles. The van der Waals surface area contributed by atoms with Gasteiger partial charge >= 0.3 is 13.9 Å². The standard InChI is InChI=1S/C47H50N5O9P/c1-48(36-14-16-39(17-15-36)61-62(56,57)58)45(53)42-28-44(51-19-8-7-13-43(42)51)40-26-33-18-20-50(47(55)60-38-11-3-2-4-12-38)29-35(33)27-41(40)46(54)52-30-34-10-6-5-9-32(34)25-37(52)31-49-21-23-59-24-22-49/h2-6,9-12,14-17,26-28,37H,7-8,13,18-25,29-31H2,1H3,(H2,56,57,58)/t37-/m0/s1. The summed E-state index contributed by atoms with van der Waals surface area (Å²) in [5.41, 5.74) is 8.27. The lowest BCUT2D eigenvalue weighted by molar-refractivity contribution is 0.0193. The molecule has 0 aliphatic carbocycles. The molecule has 1 fully saturated rings. The van der Waals surface area contributed by atoms with Gasteiger partial charge in [0.1, 0.15) is 11.5 Å². The third kappa shape index (κ3) is 8.79. The summed E-state index contributed by atoms with van der Waals surface area (Å²) in [6, 6.07) is 29.2. The highest BCUT2D eigenvalue weighted by atomic mass is 31.2. The van der Waals surface area contributed by atoms with Crippen molar-refractivity contribution in [3.8, 4) is 22.8 Å². The second kappa shape index (κ2) is 17.5. The lowest BCUT2D eigenvalue weighted by atomic mass is 9.89. The van der Waals surface area contributed by atoms with E-state index in [4.69, 9.17) is 14.0 Å². The van der Waals surface area contributed by atoms with Crippen molar-refractivity contribution >= 4 is 31.4 Å². The number of para-hydroxylation sites is 1. The largest absolute Gasteiger partial charge is 0.524 e. The number of morpholine rings is 1. The molecule has 4 aliphatic rings. The Morgan fingerprint density at radius 1 is 0.774 bits per heavy atom. The molecular formula is C47H50N5O9P. The Balaban J connectivity index is 1.11. The van der Waals surface area contributed by atoms with Crippen LogP contribution in [0.2, 0.25) is 0 Å². The Morgan fingerprint density at radius 3 is 2.27 bits per heavy atom. The average Bonchev–Trinajstić information content (AvgIpc) is 3.67. The van der Waals surface area contributed by atoms with Gasteiger partial charge in [0.15, 0.2) is 0 Å². The number of phosphoric ester groups is 1. The van der Waals surface area contributed by atoms with Gasteiger partial charge < -0.3 is 33.3 Å². The summed E-state index contributed by atoms with van der Waals surface area (Å²) in [6.07, 6.45) is 3.33. The minimum Gasteiger partial charge on any atom is -0.410 e. The van der Waals surface area contributed by atoms with Gasteiger partial charge in [-0.15, -0.1) is 0 Å². The van der Waals surface area contributed by atoms with E-state index in [1.165, 1.54) is 22.6 Å². The van der Waals surface area contributed by atoms with Crippen LogP contribution < -0.4 is 14.2 Å². The van der Waals surface area contributed by atoms with E-state index in [1.54, 1.807) is 36.2 Å². The number of benzene rings is 4. The number of amides is 3. The molecule has 322 valence electrons. The van der Waals surface area contributed by atoms with Gasteiger partial charge in [0.25, 0.3) is 11.8 Å². The van der Waals surface area contributed by atoms with Crippen molar-refractivity contribution in [2.45, 2.75) is 57.8 Å². The van der Waals surface area contributed by atoms with Crippen molar-refractivity contribution in [2.24, 2.45) is 0 Å². The molecule has 4 aromatic carbocycles. The van der Waals surface area contributed by atoms with Crippen molar-refractivity contribution in [1.29, 1.82) is 0 Å². The highest BCUT2D eigenvalue weighted by molar-refractivity contribution is 7.46. The zero-order valence-electron chi connectivity index (χ0n) is 34.6. The van der Waals surface area contributed by atoms with Gasteiger partial charge in [0, 0.05) is 87.1 Å². The van der Waals surface area contributed by atoms with Crippen LogP contribution in [0.1, 0.15) is 61.5 Å². The maximum atomic E-state index is 15.5. The van der Waals surface area contributed by atoms with Crippen LogP contribution in [0.15, 0.2) is 97.1 Å². The first-order chi connectivity index (χ1) is 30.0. The fourth-order valence-electron chi connectivity index (χ4n) is 9.28. The fraction of sp³-hybridized carbons (Fsp3) is 0.340. The Morgan fingerprint density at radius 2 is 1.52 bits per heavy atom. The summed E-state index contributed by atoms with van der Waals surface area (Å²) in [5, 5.41) is 0. The molecule has 0 spiro atoms. The van der Waals surface area contributed by atoms with E-state index in [9.17, 15) is 23.9 Å². The number of ether oxygens (including phenoxy) is 2. The third-order valence-electron chi connectivity index (χ3n) is 12.5. The van der Waals surface area contributed by atoms with E-state index in [2.05, 4.69) is 33.7 Å². The van der Waals surface area contributed by atoms with E-state index in [1.807, 2.05) is 41.3 Å². The molecule has 0 radical (unpaired) electrons. The Labute approximate surface area is 360 Å². The van der Waals surface area contributed by atoms with E-state index in [-0.39, 0.29) is 30.2 Å². The normalized spacial score (nSPS) is 17.7. The summed E-state index contributed by atoms with van der Waals surface area (Å²) in [5.74, 6) is 0.0958. The van der Waals surface area contributed by atoms with E-state index >= 15 is 4.79 Å². The van der Waals surface area contributed by atoms with Gasteiger partial charge in [-0.25, -0.2) is 9.36 Å². The third-order valence-corrected chi connectivity index (χ3v) is 12.9. The van der Waals surface area contributed by atoms with Crippen LogP contribution >= 0.6 is 7.82 Å². The molecule has 1 aromatic heterocycles. The van der Waals surface area contributed by atoms with E-state index in [0.717, 1.165) is 66.0 Å². The number of phosphoric acid groups is 1. The SMILES string of the molecule is CN(C(=O)c1cc(-c2cc3c(cc2C(=O)N2Cc4ccccc4C[C@H]2CN2CCOCC2)CN(C(=O)Oc2ccccc2)CC3)n2c1CCCC2)c1ccc(OP(=O)(O)O)cc1. The topological polar surface area (TPSA) is 154 Å². The molecular weight excluding hydrogens is 810 g/mol. The molecule has 0 saturated carbocycles. The Hall–Kier alpha value is -5.76. The first-order valence-electron chi connectivity index (χ1n) is 21.2. The van der Waals surface area contributed by atoms with E-state index in [0.29, 0.717) is 74.8 Å². The average molecular weight is 860 g/mol. The van der Waals surface area contributed by atoms with Crippen LogP contribution in [0.3, 0.4) is 0 Å². The van der Waals surface area contributed by atoms with Crippen molar-refractivity contribution in [3.05, 3.63) is 136 Å². The number of hydrogen-bond acceptors (Lipinski definition) is 8. The number of anilines is 1. The van der Waals surface area contributed by atoms with Crippen LogP contribution in [0, 0.1) is 0 Å². The monoisotopic (exact) mass is 859 g/mol. The number of carbonyl (C=O) groups is 3. The Kier molecular flexibility index (Phi) is 11.8. The number of rotatable bonds is 9. The highest BCUT2D eigenvalue weighted by Gasteiger charge is 2.36. The molecule has 62 heavy (non-hydrogen) atoms. The van der Waals surface area contributed by atoms with Gasteiger partial charge in [0.05, 0.1) is 18.8 Å². The molecule has 3 amide bonds. The molecule has 4 aliphatic heterocycles. The van der Waals surface area contributed by atoms with Crippen LogP contribution in [0.4, 0.5) is 10.5 Å². The van der Waals surface area contributed by atoms with Crippen LogP contribution in [0.5, 0.6) is 11.5 Å². The minimum atomic E-state index is -4.75. The molecule has 0 bridgehead atoms. The van der Waals surface area contributed by atoms with Crippen molar-refractivity contribution in [3.63, 3.8) is 0 Å². The van der Waals surface area contributed by atoms with Gasteiger partial charge in [-0.3, -0.25) is 24.3 Å². The second-order valence-corrected chi connectivity index (χ2v) is 17.6. The van der Waals surface area contributed by atoms with Gasteiger partial charge in [-0.2, -0.15) is 0 Å². The van der Waals surface area contributed by atoms with Crippen molar-refractivity contribution in [1.82, 2.24) is 19.3 Å². The molecule has 14 nitrogen and oxygen atoms in total. The fourth-order valence-corrected chi connectivity index (χ4v) is 9.68. The number of hydrogen-bond donors (Lipinski definition) is 2. The molecule has 2 N–H and O–H groups in total. The summed E-state index contributed by atoms with van der Waals surface area (Å²) in [6.45, 7) is 5.46. The lowest BCUT2D eigenvalue weighted by Gasteiger charge is -2.41. The summed E-state index contributed by atoms with van der Waals surface area (Å²) < 4.78 is 29.7. The molecule has 5 aromatic rings. The smallest absolute Gasteiger partial charge is 0.410 e. The quantitative estimate of drug-likeness (QED) is 0.153. The maximum Gasteiger partial charge on any atom is 0.524 e. The number of aromatic nitrogens is 1. The zero-order valence-corrected chi connectivity index (χ0v) is 35.5. The minimum absolute atomic E-state index is 0.0170. The second-order valence-electron chi connectivity index (χ2n) is 16.4. The van der Waals surface area contributed by atoms with Gasteiger partial charge in [-0.1, -0.05) is 42.5 Å².